The molecule has 3 saturated heterocycles. The first-order chi connectivity index (χ1) is 25.2. The summed E-state index contributed by atoms with van der Waals surface area (Å²) in [5.41, 5.74) is 0.805. The Hall–Kier alpha value is -4.40. The number of nitrogens with one attached hydrogen (secondary N) is 1. The molecule has 2 N–H and O–H groups in total. The molecule has 0 saturated carbocycles. The number of carbonyl (C=O) groups excluding carboxylic acids is 4. The van der Waals surface area contributed by atoms with Crippen LogP contribution in [0.1, 0.15) is 50.2 Å². The molecule has 13 nitrogen and oxygen atoms in total. The van der Waals surface area contributed by atoms with Gasteiger partial charge in [-0.3, -0.25) is 19.2 Å². The number of benzene rings is 2. The maximum atomic E-state index is 14.9. The first-order valence-corrected chi connectivity index (χ1v) is 18.7. The van der Waals surface area contributed by atoms with Crippen LogP contribution in [0, 0.1) is 11.8 Å². The van der Waals surface area contributed by atoms with Crippen molar-refractivity contribution >= 4 is 50.7 Å². The second-order valence-corrected chi connectivity index (χ2v) is 14.7. The second kappa shape index (κ2) is 16.5. The van der Waals surface area contributed by atoms with Crippen LogP contribution in [0.3, 0.4) is 0 Å². The van der Waals surface area contributed by atoms with E-state index in [9.17, 15) is 24.3 Å². The van der Waals surface area contributed by atoms with Gasteiger partial charge in [0.05, 0.1) is 30.0 Å². The van der Waals surface area contributed by atoms with E-state index in [1.165, 1.54) is 0 Å². The molecule has 3 aliphatic heterocycles. The lowest BCUT2D eigenvalue weighted by molar-refractivity contribution is -0.160. The summed E-state index contributed by atoms with van der Waals surface area (Å²) in [7, 11) is 0. The SMILES string of the molecule is C=CCCC(=O)NC[C@@H](OC(=O)[C@@H]1[C@H]2O[C@@]3(CC2Br)[C@H](C(=O)N(CC=C)Cn2nnc4ccccc42)N(CCCCCO)C(=O)[C@@H]13)c1ccccc1. The molecule has 3 aromatic rings. The van der Waals surface area contributed by atoms with E-state index in [0.29, 0.717) is 43.2 Å². The number of rotatable bonds is 18. The highest BCUT2D eigenvalue weighted by atomic mass is 79.9. The summed E-state index contributed by atoms with van der Waals surface area (Å²) in [4.78, 5) is 59.1. The molecule has 3 amide bonds. The Balaban J connectivity index is 1.31. The van der Waals surface area contributed by atoms with Crippen molar-refractivity contribution in [3.05, 3.63) is 85.5 Å². The fraction of sp³-hybridized carbons (Fsp3) is 0.474. The first kappa shape index (κ1) is 37.4. The highest BCUT2D eigenvalue weighted by molar-refractivity contribution is 9.09. The normalized spacial score (nSPS) is 25.2. The summed E-state index contributed by atoms with van der Waals surface area (Å²) in [6.45, 7) is 8.07. The molecule has 0 aliphatic carbocycles. The van der Waals surface area contributed by atoms with Crippen LogP contribution in [0.4, 0.5) is 0 Å². The van der Waals surface area contributed by atoms with E-state index < -0.39 is 41.7 Å². The molecule has 4 heterocycles. The number of fused-ring (bicyclic) bond motifs is 2. The molecule has 1 aromatic heterocycles. The molecule has 3 fully saturated rings. The zero-order valence-electron chi connectivity index (χ0n) is 29.0. The highest BCUT2D eigenvalue weighted by Gasteiger charge is 2.77. The van der Waals surface area contributed by atoms with Crippen LogP contribution in [0.2, 0.25) is 0 Å². The topological polar surface area (TPSA) is 156 Å². The summed E-state index contributed by atoms with van der Waals surface area (Å²) >= 11 is 3.73. The van der Waals surface area contributed by atoms with Crippen LogP contribution in [-0.4, -0.2) is 102 Å². The maximum absolute atomic E-state index is 14.9. The van der Waals surface area contributed by atoms with Crippen molar-refractivity contribution in [3.63, 3.8) is 0 Å². The van der Waals surface area contributed by atoms with Gasteiger partial charge >= 0.3 is 5.97 Å². The number of allylic oxidation sites excluding steroid dienone is 1. The van der Waals surface area contributed by atoms with Crippen molar-refractivity contribution in [2.45, 2.75) is 73.9 Å². The number of nitrogens with zero attached hydrogens (tertiary/aromatic N) is 5. The van der Waals surface area contributed by atoms with Gasteiger partial charge in [-0.05, 0) is 49.8 Å². The molecule has 2 aromatic carbocycles. The van der Waals surface area contributed by atoms with Gasteiger partial charge in [0.25, 0.3) is 0 Å². The third-order valence-electron chi connectivity index (χ3n) is 10.2. The standard InChI is InChI=1S/C38H45BrN6O7/c1-3-5-18-30(47)40-23-29(25-14-8-6-9-15-25)51-37(50)31-32-35(48)44(20-12-7-13-21-46)34(38(32)22-26(39)33(31)52-38)36(49)43(19-4-2)24-45-28-17-11-10-16-27(28)41-42-45/h3-4,6,8-11,14-17,26,29,31-34,46H,1-2,5,7,12-13,18-24H2,(H,40,47)/t26?,29-,31+,32-,33+,34+,38-/m1/s1. The third kappa shape index (κ3) is 7.28. The van der Waals surface area contributed by atoms with Crippen LogP contribution >= 0.6 is 15.9 Å². The molecule has 276 valence electrons. The molecule has 3 aliphatic rings. The number of amides is 3. The van der Waals surface area contributed by atoms with Crippen LogP contribution in [0.5, 0.6) is 0 Å². The molecule has 14 heteroatoms. The minimum Gasteiger partial charge on any atom is -0.455 e. The monoisotopic (exact) mass is 776 g/mol. The lowest BCUT2D eigenvalue weighted by Crippen LogP contribution is -2.57. The van der Waals surface area contributed by atoms with E-state index in [1.807, 2.05) is 54.6 Å². The summed E-state index contributed by atoms with van der Waals surface area (Å²) in [6, 6.07) is 15.5. The van der Waals surface area contributed by atoms with Crippen molar-refractivity contribution < 1.29 is 33.8 Å². The molecular formula is C38H45BrN6O7. The number of esters is 1. The fourth-order valence-corrected chi connectivity index (χ4v) is 8.80. The molecule has 2 bridgehead atoms. The number of hydrogen-bond acceptors (Lipinski definition) is 9. The smallest absolute Gasteiger partial charge is 0.313 e. The number of hydrogen-bond donors (Lipinski definition) is 2. The first-order valence-electron chi connectivity index (χ1n) is 17.8. The van der Waals surface area contributed by atoms with Gasteiger partial charge < -0.3 is 29.7 Å². The average molecular weight is 778 g/mol. The van der Waals surface area contributed by atoms with Crippen molar-refractivity contribution in [3.8, 4) is 0 Å². The van der Waals surface area contributed by atoms with Gasteiger partial charge in [0.1, 0.15) is 29.9 Å². The largest absolute Gasteiger partial charge is 0.455 e. The Morgan fingerprint density at radius 1 is 1.12 bits per heavy atom. The van der Waals surface area contributed by atoms with Gasteiger partial charge in [0.15, 0.2) is 0 Å². The van der Waals surface area contributed by atoms with Gasteiger partial charge in [-0.15, -0.1) is 18.3 Å². The van der Waals surface area contributed by atoms with Gasteiger partial charge in [-0.2, -0.15) is 0 Å². The van der Waals surface area contributed by atoms with Crippen molar-refractivity contribution in [2.24, 2.45) is 11.8 Å². The Bertz CT molecular complexity index is 1790. The fourth-order valence-electron chi connectivity index (χ4n) is 7.86. The Morgan fingerprint density at radius 2 is 1.88 bits per heavy atom. The third-order valence-corrected chi connectivity index (χ3v) is 11.1. The number of alkyl halides is 1. The lowest BCUT2D eigenvalue weighted by Gasteiger charge is -2.37. The van der Waals surface area contributed by atoms with E-state index in [4.69, 9.17) is 9.47 Å². The number of ether oxygens (including phenoxy) is 2. The van der Waals surface area contributed by atoms with Crippen LogP contribution in [0.25, 0.3) is 11.0 Å². The van der Waals surface area contributed by atoms with Crippen LogP contribution in [-0.2, 0) is 35.3 Å². The quantitative estimate of drug-likeness (QED) is 0.0852. The number of para-hydroxylation sites is 1. The molecule has 6 rings (SSSR count). The minimum absolute atomic E-state index is 0.0170. The van der Waals surface area contributed by atoms with Gasteiger partial charge in [-0.25, -0.2) is 4.68 Å². The number of aliphatic hydroxyl groups is 1. The molecule has 7 atom stereocenters. The van der Waals surface area contributed by atoms with E-state index in [1.54, 1.807) is 26.6 Å². The van der Waals surface area contributed by atoms with Crippen molar-refractivity contribution in [2.75, 3.05) is 26.2 Å². The minimum atomic E-state index is -1.31. The van der Waals surface area contributed by atoms with Gasteiger partial charge in [0, 0.05) is 30.9 Å². The maximum Gasteiger partial charge on any atom is 0.313 e. The highest BCUT2D eigenvalue weighted by Crippen LogP contribution is 2.60. The number of likely N-dealkylation sites (tertiary alicyclic amines) is 1. The number of carbonyl (C=O) groups is 4. The summed E-state index contributed by atoms with van der Waals surface area (Å²) < 4.78 is 14.5. The summed E-state index contributed by atoms with van der Waals surface area (Å²) in [5.74, 6) is -3.50. The predicted octanol–water partition coefficient (Wildman–Crippen LogP) is 3.68. The number of aliphatic hydroxyl groups excluding tert-OH is 1. The molecule has 52 heavy (non-hydrogen) atoms. The van der Waals surface area contributed by atoms with E-state index in [-0.39, 0.29) is 61.9 Å². The van der Waals surface area contributed by atoms with E-state index in [2.05, 4.69) is 44.7 Å². The van der Waals surface area contributed by atoms with Crippen LogP contribution in [0.15, 0.2) is 79.9 Å². The Kier molecular flexibility index (Phi) is 11.9. The van der Waals surface area contributed by atoms with E-state index in [0.717, 1.165) is 5.52 Å². The average Bonchev–Trinajstić information content (AvgIpc) is 3.87. The van der Waals surface area contributed by atoms with Gasteiger partial charge in [0.2, 0.25) is 17.7 Å². The molecular weight excluding hydrogens is 732 g/mol. The zero-order valence-corrected chi connectivity index (χ0v) is 30.6. The van der Waals surface area contributed by atoms with Gasteiger partial charge in [-0.1, -0.05) is 75.8 Å². The molecule has 1 spiro atoms. The van der Waals surface area contributed by atoms with Crippen molar-refractivity contribution in [1.82, 2.24) is 30.1 Å². The zero-order chi connectivity index (χ0) is 36.8. The molecule has 0 radical (unpaired) electrons. The number of halogens is 1. The summed E-state index contributed by atoms with van der Waals surface area (Å²) in [6.07, 6.45) is 4.58. The lowest BCUT2D eigenvalue weighted by atomic mass is 9.70. The predicted molar refractivity (Wildman–Crippen MR) is 196 cm³/mol. The van der Waals surface area contributed by atoms with Crippen molar-refractivity contribution in [1.29, 1.82) is 0 Å². The number of unbranched alkanes of at least 4 members (excludes halogenated alkanes) is 2. The Morgan fingerprint density at radius 3 is 2.63 bits per heavy atom. The number of aromatic nitrogens is 3. The summed E-state index contributed by atoms with van der Waals surface area (Å²) in [5, 5.41) is 20.8. The van der Waals surface area contributed by atoms with E-state index >= 15 is 0 Å². The second-order valence-electron chi connectivity index (χ2n) is 13.5. The molecule has 1 unspecified atom stereocenters. The van der Waals surface area contributed by atoms with Crippen LogP contribution < -0.4 is 5.32 Å². The Labute approximate surface area is 311 Å².